The zero-order chi connectivity index (χ0) is 19.0. The van der Waals surface area contributed by atoms with E-state index in [-0.39, 0.29) is 11.8 Å². The van der Waals surface area contributed by atoms with Gasteiger partial charge in [-0.2, -0.15) is 0 Å². The normalized spacial score (nSPS) is 12.4. The van der Waals surface area contributed by atoms with E-state index in [9.17, 15) is 9.59 Å². The first-order chi connectivity index (χ1) is 13.0. The second-order valence-corrected chi connectivity index (χ2v) is 8.31. The highest BCUT2D eigenvalue weighted by Gasteiger charge is 2.21. The molecule has 2 aromatic carbocycles. The van der Waals surface area contributed by atoms with Gasteiger partial charge in [0.15, 0.2) is 10.3 Å². The summed E-state index contributed by atoms with van der Waals surface area (Å²) >= 11 is 2.69. The molecule has 2 heterocycles. The summed E-state index contributed by atoms with van der Waals surface area (Å²) in [4.78, 5) is 33.6. The summed E-state index contributed by atoms with van der Waals surface area (Å²) in [5, 5.41) is 3.49. The molecule has 0 spiro atoms. The van der Waals surface area contributed by atoms with E-state index in [1.807, 2.05) is 48.5 Å². The summed E-state index contributed by atoms with van der Waals surface area (Å²) in [6, 6.07) is 15.2. The maximum Gasteiger partial charge on any atom is 0.239 e. The Morgan fingerprint density at radius 1 is 1.07 bits per heavy atom. The van der Waals surface area contributed by atoms with Crippen LogP contribution in [0.2, 0.25) is 0 Å². The number of para-hydroxylation sites is 3. The van der Waals surface area contributed by atoms with E-state index >= 15 is 0 Å². The molecular weight excluding hydrogens is 380 g/mol. The highest BCUT2D eigenvalue weighted by atomic mass is 32.2. The lowest BCUT2D eigenvalue weighted by atomic mass is 10.3. The lowest BCUT2D eigenvalue weighted by Crippen LogP contribution is -2.23. The number of thioether (sulfide) groups is 1. The molecule has 6 nitrogen and oxygen atoms in total. The second-order valence-electron chi connectivity index (χ2n) is 5.97. The number of aromatic nitrogens is 3. The van der Waals surface area contributed by atoms with Crippen LogP contribution in [0.25, 0.3) is 21.3 Å². The Morgan fingerprint density at radius 2 is 1.78 bits per heavy atom. The van der Waals surface area contributed by atoms with E-state index in [2.05, 4.69) is 15.3 Å². The molecule has 27 heavy (non-hydrogen) atoms. The number of imidazole rings is 1. The Labute approximate surface area is 163 Å². The van der Waals surface area contributed by atoms with Gasteiger partial charge >= 0.3 is 0 Å². The monoisotopic (exact) mass is 396 g/mol. The average Bonchev–Trinajstić information content (AvgIpc) is 3.21. The molecule has 1 atom stereocenters. The molecule has 2 aromatic heterocycles. The number of benzene rings is 2. The number of fused-ring (bicyclic) bond motifs is 2. The largest absolute Gasteiger partial charge is 0.301 e. The SMILES string of the molecule is CC(=O)n1c(S[C@@H](C)C(=O)Nc2nc3ccccc3s2)nc2ccccc21. The third kappa shape index (κ3) is 3.45. The molecule has 0 aliphatic heterocycles. The lowest BCUT2D eigenvalue weighted by Gasteiger charge is -2.10. The molecule has 0 saturated carbocycles. The van der Waals surface area contributed by atoms with Crippen molar-refractivity contribution < 1.29 is 9.59 Å². The molecule has 1 amide bonds. The minimum Gasteiger partial charge on any atom is -0.301 e. The van der Waals surface area contributed by atoms with E-state index in [0.29, 0.717) is 10.3 Å². The standard InChI is InChI=1S/C19H16N4O2S2/c1-11(17(25)22-18-20-14-8-4-6-10-16(14)27-18)26-19-21-13-7-3-5-9-15(13)23(19)12(2)24/h3-11H,1-2H3,(H,20,22,25)/t11-/m0/s1. The number of thiazole rings is 1. The Balaban J connectivity index is 1.55. The van der Waals surface area contributed by atoms with Crippen LogP contribution in [-0.2, 0) is 4.79 Å². The minimum absolute atomic E-state index is 0.134. The molecule has 0 fully saturated rings. The summed E-state index contributed by atoms with van der Waals surface area (Å²) < 4.78 is 2.56. The van der Waals surface area contributed by atoms with E-state index in [1.54, 1.807) is 11.5 Å². The second kappa shape index (κ2) is 7.13. The Hall–Kier alpha value is -2.71. The fraction of sp³-hybridized carbons (Fsp3) is 0.158. The van der Waals surface area contributed by atoms with Crippen LogP contribution < -0.4 is 5.32 Å². The molecular formula is C19H16N4O2S2. The number of anilines is 1. The molecule has 4 rings (SSSR count). The summed E-state index contributed by atoms with van der Waals surface area (Å²) in [5.74, 6) is -0.314. The smallest absolute Gasteiger partial charge is 0.239 e. The van der Waals surface area contributed by atoms with Gasteiger partial charge in [-0.05, 0) is 31.2 Å². The first-order valence-corrected chi connectivity index (χ1v) is 10.0. The zero-order valence-corrected chi connectivity index (χ0v) is 16.3. The van der Waals surface area contributed by atoms with Crippen molar-refractivity contribution in [1.29, 1.82) is 0 Å². The number of hydrogen-bond donors (Lipinski definition) is 1. The summed E-state index contributed by atoms with van der Waals surface area (Å²) in [7, 11) is 0. The van der Waals surface area contributed by atoms with Crippen molar-refractivity contribution in [3.8, 4) is 0 Å². The molecule has 8 heteroatoms. The summed E-state index contributed by atoms with van der Waals surface area (Å²) in [6.45, 7) is 3.28. The maximum absolute atomic E-state index is 12.6. The number of carbonyl (C=O) groups excluding carboxylic acids is 2. The van der Waals surface area contributed by atoms with Crippen molar-refractivity contribution in [3.63, 3.8) is 0 Å². The number of nitrogens with one attached hydrogen (secondary N) is 1. The van der Waals surface area contributed by atoms with Crippen molar-refractivity contribution in [2.24, 2.45) is 0 Å². The van der Waals surface area contributed by atoms with E-state index in [0.717, 1.165) is 21.3 Å². The molecule has 1 N–H and O–H groups in total. The van der Waals surface area contributed by atoms with Crippen molar-refractivity contribution in [1.82, 2.24) is 14.5 Å². The van der Waals surface area contributed by atoms with Gasteiger partial charge in [-0.15, -0.1) is 0 Å². The quantitative estimate of drug-likeness (QED) is 0.517. The van der Waals surface area contributed by atoms with Gasteiger partial charge in [-0.25, -0.2) is 9.97 Å². The predicted molar refractivity (Wildman–Crippen MR) is 110 cm³/mol. The number of nitrogens with zero attached hydrogens (tertiary/aromatic N) is 3. The van der Waals surface area contributed by atoms with Crippen LogP contribution in [0.1, 0.15) is 18.6 Å². The van der Waals surface area contributed by atoms with Crippen molar-refractivity contribution in [3.05, 3.63) is 48.5 Å². The van der Waals surface area contributed by atoms with Gasteiger partial charge in [0.2, 0.25) is 11.8 Å². The fourth-order valence-electron chi connectivity index (χ4n) is 2.73. The molecule has 0 bridgehead atoms. The predicted octanol–water partition coefficient (Wildman–Crippen LogP) is 4.43. The molecule has 0 unspecified atom stereocenters. The number of rotatable bonds is 4. The summed E-state index contributed by atoms with van der Waals surface area (Å²) in [5.41, 5.74) is 2.33. The first-order valence-electron chi connectivity index (χ1n) is 8.34. The third-order valence-electron chi connectivity index (χ3n) is 4.02. The summed E-state index contributed by atoms with van der Waals surface area (Å²) in [6.07, 6.45) is 0. The molecule has 0 saturated heterocycles. The van der Waals surface area contributed by atoms with Gasteiger partial charge in [-0.1, -0.05) is 47.4 Å². The Morgan fingerprint density at radius 3 is 2.52 bits per heavy atom. The van der Waals surface area contributed by atoms with Crippen molar-refractivity contribution in [2.75, 3.05) is 5.32 Å². The van der Waals surface area contributed by atoms with Gasteiger partial charge in [0.25, 0.3) is 0 Å². The van der Waals surface area contributed by atoms with Gasteiger partial charge in [0.1, 0.15) is 0 Å². The topological polar surface area (TPSA) is 76.9 Å². The zero-order valence-electron chi connectivity index (χ0n) is 14.7. The van der Waals surface area contributed by atoms with E-state index in [1.165, 1.54) is 30.0 Å². The van der Waals surface area contributed by atoms with E-state index < -0.39 is 5.25 Å². The molecule has 0 radical (unpaired) electrons. The van der Waals surface area contributed by atoms with Crippen LogP contribution in [0.15, 0.2) is 53.7 Å². The highest BCUT2D eigenvalue weighted by molar-refractivity contribution is 8.00. The van der Waals surface area contributed by atoms with Crippen LogP contribution in [0, 0.1) is 0 Å². The lowest BCUT2D eigenvalue weighted by molar-refractivity contribution is -0.115. The average molecular weight is 396 g/mol. The first kappa shape index (κ1) is 17.7. The number of hydrogen-bond acceptors (Lipinski definition) is 6. The van der Waals surface area contributed by atoms with Crippen LogP contribution in [0.5, 0.6) is 0 Å². The molecule has 0 aliphatic carbocycles. The van der Waals surface area contributed by atoms with Crippen LogP contribution in [0.3, 0.4) is 0 Å². The highest BCUT2D eigenvalue weighted by Crippen LogP contribution is 2.29. The van der Waals surface area contributed by atoms with Gasteiger partial charge in [-0.3, -0.25) is 14.2 Å². The van der Waals surface area contributed by atoms with Crippen LogP contribution in [0.4, 0.5) is 5.13 Å². The molecule has 4 aromatic rings. The number of amides is 1. The van der Waals surface area contributed by atoms with E-state index in [4.69, 9.17) is 0 Å². The van der Waals surface area contributed by atoms with Gasteiger partial charge < -0.3 is 5.32 Å². The van der Waals surface area contributed by atoms with Crippen molar-refractivity contribution in [2.45, 2.75) is 24.3 Å². The maximum atomic E-state index is 12.6. The van der Waals surface area contributed by atoms with Gasteiger partial charge in [0, 0.05) is 6.92 Å². The van der Waals surface area contributed by atoms with Crippen LogP contribution >= 0.6 is 23.1 Å². The minimum atomic E-state index is -0.438. The van der Waals surface area contributed by atoms with Gasteiger partial charge in [0.05, 0.1) is 26.5 Å². The Bertz CT molecular complexity index is 1130. The van der Waals surface area contributed by atoms with Crippen LogP contribution in [-0.4, -0.2) is 31.6 Å². The fourth-order valence-corrected chi connectivity index (χ4v) is 4.57. The van der Waals surface area contributed by atoms with Crippen molar-refractivity contribution >= 4 is 61.3 Å². The number of carbonyl (C=O) groups is 2. The molecule has 136 valence electrons. The third-order valence-corrected chi connectivity index (χ3v) is 6.02. The Kier molecular flexibility index (Phi) is 4.67. The molecule has 0 aliphatic rings.